The van der Waals surface area contributed by atoms with Crippen molar-refractivity contribution in [3.63, 3.8) is 0 Å². The number of hydrogen-bond donors (Lipinski definition) is 1. The fourth-order valence-electron chi connectivity index (χ4n) is 0.872. The van der Waals surface area contributed by atoms with Crippen LogP contribution in [0.4, 0.5) is 5.69 Å². The van der Waals surface area contributed by atoms with Gasteiger partial charge in [0.1, 0.15) is 5.69 Å². The van der Waals surface area contributed by atoms with Crippen LogP contribution in [0.5, 0.6) is 0 Å². The summed E-state index contributed by atoms with van der Waals surface area (Å²) in [5.74, 6) is -0.849. The summed E-state index contributed by atoms with van der Waals surface area (Å²) in [7, 11) is 1.26. The second-order valence-corrected chi connectivity index (χ2v) is 3.52. The van der Waals surface area contributed by atoms with Crippen LogP contribution < -0.4 is 0 Å². The number of azo groups is 1. The van der Waals surface area contributed by atoms with E-state index < -0.39 is 17.0 Å². The Labute approximate surface area is 93.8 Å². The van der Waals surface area contributed by atoms with Crippen LogP contribution in [-0.4, -0.2) is 32.7 Å². The second-order valence-electron chi connectivity index (χ2n) is 2.62. The highest BCUT2D eigenvalue weighted by atomic mass is 32.2. The van der Waals surface area contributed by atoms with Gasteiger partial charge in [0.15, 0.2) is 17.0 Å². The molecule has 86 valence electrons. The molecule has 1 unspecified atom stereocenters. The molecule has 0 aliphatic heterocycles. The Morgan fingerprint density at radius 3 is 3.00 bits per heavy atom. The zero-order valence-electron chi connectivity index (χ0n) is 8.36. The van der Waals surface area contributed by atoms with E-state index in [1.807, 2.05) is 0 Å². The highest BCUT2D eigenvalue weighted by Crippen LogP contribution is 2.13. The molecular formula is C8H9N3O4S. The van der Waals surface area contributed by atoms with Crippen molar-refractivity contribution in [2.75, 3.05) is 13.0 Å². The lowest BCUT2D eigenvalue weighted by Gasteiger charge is -1.98. The van der Waals surface area contributed by atoms with Gasteiger partial charge in [-0.25, -0.2) is 9.00 Å². The topological polar surface area (TPSA) is 101 Å². The highest BCUT2D eigenvalue weighted by molar-refractivity contribution is 7.79. The van der Waals surface area contributed by atoms with Crippen molar-refractivity contribution in [2.24, 2.45) is 10.2 Å². The van der Waals surface area contributed by atoms with Gasteiger partial charge < -0.3 is 9.29 Å². The van der Waals surface area contributed by atoms with Crippen LogP contribution in [0.2, 0.25) is 0 Å². The lowest BCUT2D eigenvalue weighted by molar-refractivity contribution is 0.0600. The van der Waals surface area contributed by atoms with Crippen molar-refractivity contribution in [3.8, 4) is 0 Å². The Bertz CT molecular complexity index is 435. The molecule has 0 spiro atoms. The van der Waals surface area contributed by atoms with Gasteiger partial charge in [-0.15, -0.1) is 0 Å². The van der Waals surface area contributed by atoms with Crippen LogP contribution in [-0.2, 0) is 15.8 Å². The monoisotopic (exact) mass is 243 g/mol. The first kappa shape index (κ1) is 12.4. The van der Waals surface area contributed by atoms with E-state index in [1.165, 1.54) is 25.6 Å². The summed E-state index contributed by atoms with van der Waals surface area (Å²) in [6.07, 6.45) is 2.70. The van der Waals surface area contributed by atoms with Gasteiger partial charge in [0.25, 0.3) is 0 Å². The molecule has 8 heteroatoms. The average Bonchev–Trinajstić information content (AvgIpc) is 2.28. The van der Waals surface area contributed by atoms with Gasteiger partial charge in [-0.1, -0.05) is 0 Å². The molecule has 0 aromatic carbocycles. The first-order chi connectivity index (χ1) is 7.63. The molecule has 1 heterocycles. The lowest BCUT2D eigenvalue weighted by atomic mass is 10.3. The lowest BCUT2D eigenvalue weighted by Crippen LogP contribution is -2.00. The van der Waals surface area contributed by atoms with E-state index >= 15 is 0 Å². The zero-order chi connectivity index (χ0) is 12.0. The summed E-state index contributed by atoms with van der Waals surface area (Å²) < 4.78 is 23.2. The Morgan fingerprint density at radius 1 is 1.62 bits per heavy atom. The molecule has 1 aromatic heterocycles. The van der Waals surface area contributed by atoms with Gasteiger partial charge in [-0.3, -0.25) is 4.98 Å². The van der Waals surface area contributed by atoms with Gasteiger partial charge in [0.2, 0.25) is 0 Å². The van der Waals surface area contributed by atoms with Gasteiger partial charge in [-0.2, -0.15) is 10.2 Å². The molecule has 0 saturated heterocycles. The van der Waals surface area contributed by atoms with Gasteiger partial charge >= 0.3 is 5.97 Å². The number of carbonyl (C=O) groups excluding carboxylic acids is 1. The quantitative estimate of drug-likeness (QED) is 0.485. The molecule has 1 atom stereocenters. The molecule has 0 saturated carbocycles. The molecule has 16 heavy (non-hydrogen) atoms. The minimum Gasteiger partial charge on any atom is -0.465 e. The van der Waals surface area contributed by atoms with Crippen molar-refractivity contribution >= 4 is 22.7 Å². The normalized spacial score (nSPS) is 12.6. The summed E-state index contributed by atoms with van der Waals surface area (Å²) in [5, 5.41) is 7.08. The maximum Gasteiger partial charge on any atom is 0.339 e. The number of hydrogen-bond acceptors (Lipinski definition) is 6. The van der Waals surface area contributed by atoms with Crippen LogP contribution in [0.1, 0.15) is 10.4 Å². The number of carbonyl (C=O) groups is 1. The van der Waals surface area contributed by atoms with Crippen LogP contribution in [0.15, 0.2) is 28.7 Å². The minimum absolute atomic E-state index is 0.240. The van der Waals surface area contributed by atoms with Crippen LogP contribution >= 0.6 is 0 Å². The van der Waals surface area contributed by atoms with Crippen LogP contribution in [0.3, 0.4) is 0 Å². The number of aromatic nitrogens is 1. The molecule has 1 aromatic rings. The number of nitrogens with zero attached hydrogens (tertiary/aromatic N) is 3. The first-order valence-corrected chi connectivity index (χ1v) is 5.39. The number of esters is 1. The average molecular weight is 243 g/mol. The first-order valence-electron chi connectivity index (χ1n) is 4.12. The SMILES string of the molecule is COC(=O)c1cncc(N=NCS(=O)O)c1. The number of pyridine rings is 1. The van der Waals surface area contributed by atoms with E-state index in [0.29, 0.717) is 5.69 Å². The number of ether oxygens (including phenoxy) is 1. The minimum atomic E-state index is -2.03. The van der Waals surface area contributed by atoms with Crippen molar-refractivity contribution in [3.05, 3.63) is 24.0 Å². The van der Waals surface area contributed by atoms with E-state index in [9.17, 15) is 9.00 Å². The molecule has 0 radical (unpaired) electrons. The smallest absolute Gasteiger partial charge is 0.339 e. The van der Waals surface area contributed by atoms with Crippen molar-refractivity contribution in [1.29, 1.82) is 0 Å². The Balaban J connectivity index is 2.78. The standard InChI is InChI=1S/C8H9N3O4S/c1-15-8(12)6-2-7(4-9-3-6)11-10-5-16(13)14/h2-4H,5H2,1H3,(H,13,14). The van der Waals surface area contributed by atoms with Crippen molar-refractivity contribution in [1.82, 2.24) is 4.98 Å². The molecule has 0 bridgehead atoms. The summed E-state index contributed by atoms with van der Waals surface area (Å²) in [6.45, 7) is 0. The van der Waals surface area contributed by atoms with E-state index in [0.717, 1.165) is 0 Å². The summed E-state index contributed by atoms with van der Waals surface area (Å²) in [4.78, 5) is 14.9. The molecule has 1 N–H and O–H groups in total. The van der Waals surface area contributed by atoms with Crippen molar-refractivity contribution < 1.29 is 18.3 Å². The highest BCUT2D eigenvalue weighted by Gasteiger charge is 2.05. The molecule has 0 fully saturated rings. The van der Waals surface area contributed by atoms with E-state index in [1.54, 1.807) is 0 Å². The summed E-state index contributed by atoms with van der Waals surface area (Å²) in [6, 6.07) is 1.42. The molecule has 1 rings (SSSR count). The predicted octanol–water partition coefficient (Wildman–Crippen LogP) is 1.13. The van der Waals surface area contributed by atoms with Crippen LogP contribution in [0, 0.1) is 0 Å². The molecule has 0 aliphatic carbocycles. The zero-order valence-corrected chi connectivity index (χ0v) is 9.18. The number of methoxy groups -OCH3 is 1. The third-order valence-electron chi connectivity index (χ3n) is 1.50. The Hall–Kier alpha value is -1.67. The molecule has 0 aliphatic rings. The Morgan fingerprint density at radius 2 is 2.38 bits per heavy atom. The van der Waals surface area contributed by atoms with E-state index in [2.05, 4.69) is 19.9 Å². The van der Waals surface area contributed by atoms with Crippen LogP contribution in [0.25, 0.3) is 0 Å². The molecule has 0 amide bonds. The van der Waals surface area contributed by atoms with Crippen molar-refractivity contribution in [2.45, 2.75) is 0 Å². The summed E-state index contributed by atoms with van der Waals surface area (Å²) >= 11 is -2.03. The van der Waals surface area contributed by atoms with Gasteiger partial charge in [0, 0.05) is 6.20 Å². The second kappa shape index (κ2) is 6.03. The maximum absolute atomic E-state index is 11.1. The Kier molecular flexibility index (Phi) is 4.67. The molecule has 7 nitrogen and oxygen atoms in total. The van der Waals surface area contributed by atoms with Gasteiger partial charge in [0.05, 0.1) is 18.9 Å². The largest absolute Gasteiger partial charge is 0.465 e. The number of rotatable bonds is 4. The van der Waals surface area contributed by atoms with E-state index in [-0.39, 0.29) is 11.4 Å². The fourth-order valence-corrected chi connectivity index (χ4v) is 1.03. The van der Waals surface area contributed by atoms with Gasteiger partial charge in [-0.05, 0) is 6.07 Å². The fraction of sp³-hybridized carbons (Fsp3) is 0.250. The predicted molar refractivity (Wildman–Crippen MR) is 55.7 cm³/mol. The molecular weight excluding hydrogens is 234 g/mol. The third-order valence-corrected chi connectivity index (χ3v) is 1.84. The van der Waals surface area contributed by atoms with E-state index in [4.69, 9.17) is 4.55 Å². The summed E-state index contributed by atoms with van der Waals surface area (Å²) in [5.41, 5.74) is 0.553. The third kappa shape index (κ3) is 3.83. The maximum atomic E-state index is 11.1.